The molecule has 1 aliphatic heterocycles. The third kappa shape index (κ3) is 7.70. The largest absolute Gasteiger partial charge is 0.493 e. The van der Waals surface area contributed by atoms with Gasteiger partial charge in [-0.05, 0) is 92.1 Å². The van der Waals surface area contributed by atoms with Crippen LogP contribution in [0.3, 0.4) is 0 Å². The number of aryl methyl sites for hydroxylation is 1. The summed E-state index contributed by atoms with van der Waals surface area (Å²) in [4.78, 5) is 31.9. The van der Waals surface area contributed by atoms with Crippen molar-refractivity contribution in [2.45, 2.75) is 59.2 Å². The molecule has 4 aromatic rings. The lowest BCUT2D eigenvalue weighted by Gasteiger charge is -2.31. The second-order valence-electron chi connectivity index (χ2n) is 11.4. The molecule has 10 nitrogen and oxygen atoms in total. The van der Waals surface area contributed by atoms with E-state index >= 15 is 0 Å². The summed E-state index contributed by atoms with van der Waals surface area (Å²) in [6.07, 6.45) is 6.21. The summed E-state index contributed by atoms with van der Waals surface area (Å²) in [7, 11) is 0. The molecule has 10 heteroatoms. The van der Waals surface area contributed by atoms with Gasteiger partial charge in [0.2, 0.25) is 5.91 Å². The third-order valence-electron chi connectivity index (χ3n) is 8.06. The first kappa shape index (κ1) is 31.3. The lowest BCUT2D eigenvalue weighted by Crippen LogP contribution is -2.35. The van der Waals surface area contributed by atoms with Gasteiger partial charge < -0.3 is 26.4 Å². The van der Waals surface area contributed by atoms with Gasteiger partial charge in [0.15, 0.2) is 5.96 Å². The van der Waals surface area contributed by atoms with Crippen molar-refractivity contribution in [3.05, 3.63) is 101 Å². The lowest BCUT2D eigenvalue weighted by atomic mass is 9.93. The Labute approximate surface area is 264 Å². The minimum absolute atomic E-state index is 0.0836. The maximum absolute atomic E-state index is 13.3. The van der Waals surface area contributed by atoms with Gasteiger partial charge in [0.25, 0.3) is 5.91 Å². The Balaban J connectivity index is 1.23. The minimum atomic E-state index is -0.537. The molecule has 1 atom stereocenters. The molecule has 0 bridgehead atoms. The Kier molecular flexibility index (Phi) is 9.82. The lowest BCUT2D eigenvalue weighted by molar-refractivity contribution is -0.118. The topological polar surface area (TPSA) is 141 Å². The predicted molar refractivity (Wildman–Crippen MR) is 177 cm³/mol. The van der Waals surface area contributed by atoms with Gasteiger partial charge >= 0.3 is 0 Å². The normalized spacial score (nSPS) is 13.1. The number of nitrogens with zero attached hydrogens (tertiary/aromatic N) is 4. The van der Waals surface area contributed by atoms with E-state index in [4.69, 9.17) is 16.2 Å². The van der Waals surface area contributed by atoms with E-state index in [1.54, 1.807) is 13.0 Å². The number of ether oxygens (including phenoxy) is 1. The number of aromatic nitrogens is 2. The minimum Gasteiger partial charge on any atom is -0.493 e. The fourth-order valence-corrected chi connectivity index (χ4v) is 5.69. The van der Waals surface area contributed by atoms with Gasteiger partial charge in [-0.25, -0.2) is 4.99 Å². The maximum Gasteiger partial charge on any atom is 0.252 e. The molecule has 0 spiro atoms. The molecule has 2 heterocycles. The molecule has 5 N–H and O–H groups in total. The van der Waals surface area contributed by atoms with Crippen LogP contribution in [-0.2, 0) is 17.8 Å². The third-order valence-corrected chi connectivity index (χ3v) is 8.06. The van der Waals surface area contributed by atoms with Gasteiger partial charge in [0.1, 0.15) is 11.9 Å². The highest BCUT2D eigenvalue weighted by atomic mass is 16.5. The van der Waals surface area contributed by atoms with Gasteiger partial charge in [-0.2, -0.15) is 5.10 Å². The van der Waals surface area contributed by atoms with Crippen LogP contribution in [-0.4, -0.2) is 46.9 Å². The van der Waals surface area contributed by atoms with E-state index in [0.29, 0.717) is 38.1 Å². The molecule has 2 amide bonds. The quantitative estimate of drug-likeness (QED) is 0.128. The van der Waals surface area contributed by atoms with Crippen molar-refractivity contribution in [2.24, 2.45) is 16.5 Å². The molecule has 1 aliphatic rings. The van der Waals surface area contributed by atoms with Crippen molar-refractivity contribution in [3.63, 3.8) is 0 Å². The van der Waals surface area contributed by atoms with Crippen LogP contribution < -0.4 is 26.4 Å². The monoisotopic (exact) mass is 607 g/mol. The highest BCUT2D eigenvalue weighted by Crippen LogP contribution is 2.36. The summed E-state index contributed by atoms with van der Waals surface area (Å²) in [6, 6.07) is 19.6. The first-order chi connectivity index (χ1) is 21.7. The molecule has 45 heavy (non-hydrogen) atoms. The number of carbonyl (C=O) groups excluding carboxylic acids is 2. The number of amides is 2. The zero-order valence-corrected chi connectivity index (χ0v) is 26.1. The number of aliphatic imine (C=N–C) groups is 1. The molecule has 234 valence electrons. The van der Waals surface area contributed by atoms with E-state index in [0.717, 1.165) is 52.1 Å². The fourth-order valence-electron chi connectivity index (χ4n) is 5.69. The van der Waals surface area contributed by atoms with Crippen molar-refractivity contribution >= 4 is 23.5 Å². The second-order valence-corrected chi connectivity index (χ2v) is 11.4. The standard InChI is InChI=1S/C35H41N7O3/c1-23-9-4-15-32(24(23)2)45-18-8-16-33(43)42-17-7-13-30-29(12-6-14-31(30)42)28-20-38-41(22-28)21-26-10-5-11-27(19-26)34(44)39-25(3)40-35(36)37/h4-6,9-12,14-15,19-20,22,25H,7-8,13,16-18,21H2,1-3H3,(H,39,44)(H4,36,37,40). The van der Waals surface area contributed by atoms with Gasteiger partial charge in [0.05, 0.1) is 19.3 Å². The molecule has 1 unspecified atom stereocenters. The molecular weight excluding hydrogens is 566 g/mol. The Morgan fingerprint density at radius 3 is 2.71 bits per heavy atom. The zero-order valence-electron chi connectivity index (χ0n) is 26.1. The average Bonchev–Trinajstić information content (AvgIpc) is 3.48. The van der Waals surface area contributed by atoms with E-state index in [1.807, 2.05) is 64.4 Å². The van der Waals surface area contributed by atoms with Gasteiger partial charge in [0, 0.05) is 36.0 Å². The van der Waals surface area contributed by atoms with E-state index in [2.05, 4.69) is 41.4 Å². The first-order valence-electron chi connectivity index (χ1n) is 15.3. The smallest absolute Gasteiger partial charge is 0.252 e. The number of benzene rings is 3. The molecule has 0 aliphatic carbocycles. The molecule has 0 radical (unpaired) electrons. The average molecular weight is 608 g/mol. The summed E-state index contributed by atoms with van der Waals surface area (Å²) in [5.74, 6) is 0.646. The van der Waals surface area contributed by atoms with Crippen molar-refractivity contribution in [1.29, 1.82) is 0 Å². The number of nitrogens with one attached hydrogen (secondary N) is 1. The van der Waals surface area contributed by atoms with Gasteiger partial charge in [-0.15, -0.1) is 0 Å². The van der Waals surface area contributed by atoms with Crippen LogP contribution in [0.4, 0.5) is 5.69 Å². The van der Waals surface area contributed by atoms with Crippen LogP contribution in [0.15, 0.2) is 78.0 Å². The Morgan fingerprint density at radius 1 is 1.09 bits per heavy atom. The van der Waals surface area contributed by atoms with Crippen LogP contribution >= 0.6 is 0 Å². The van der Waals surface area contributed by atoms with Crippen LogP contribution in [0.1, 0.15) is 58.8 Å². The molecule has 0 saturated heterocycles. The van der Waals surface area contributed by atoms with E-state index in [9.17, 15) is 9.59 Å². The Hall–Kier alpha value is -5.12. The highest BCUT2D eigenvalue weighted by molar-refractivity contribution is 5.96. The van der Waals surface area contributed by atoms with Crippen LogP contribution in [0.2, 0.25) is 0 Å². The van der Waals surface area contributed by atoms with E-state index < -0.39 is 6.17 Å². The zero-order chi connectivity index (χ0) is 31.9. The Morgan fingerprint density at radius 2 is 1.89 bits per heavy atom. The van der Waals surface area contributed by atoms with E-state index in [-0.39, 0.29) is 17.8 Å². The summed E-state index contributed by atoms with van der Waals surface area (Å²) in [5, 5.41) is 7.38. The summed E-state index contributed by atoms with van der Waals surface area (Å²) in [6.45, 7) is 7.53. The SMILES string of the molecule is Cc1cccc(OCCCC(=O)N2CCCc3c(-c4cnn(Cc5cccc(C(=O)NC(C)N=C(N)N)c5)c4)cccc32)c1C. The summed E-state index contributed by atoms with van der Waals surface area (Å²) in [5.41, 5.74) is 18.8. The van der Waals surface area contributed by atoms with E-state index in [1.165, 1.54) is 5.56 Å². The number of guanidine groups is 1. The molecule has 0 saturated carbocycles. The number of hydrogen-bond donors (Lipinski definition) is 3. The number of nitrogens with two attached hydrogens (primary N) is 2. The highest BCUT2D eigenvalue weighted by Gasteiger charge is 2.25. The van der Waals surface area contributed by atoms with Gasteiger partial charge in [-0.3, -0.25) is 14.3 Å². The van der Waals surface area contributed by atoms with Crippen molar-refractivity contribution in [2.75, 3.05) is 18.1 Å². The first-order valence-corrected chi connectivity index (χ1v) is 15.3. The molecule has 3 aromatic carbocycles. The number of rotatable bonds is 11. The van der Waals surface area contributed by atoms with Crippen LogP contribution in [0, 0.1) is 13.8 Å². The molecule has 1 aromatic heterocycles. The number of anilines is 1. The second kappa shape index (κ2) is 14.1. The van der Waals surface area contributed by atoms with Crippen molar-refractivity contribution in [3.8, 4) is 16.9 Å². The maximum atomic E-state index is 13.3. The van der Waals surface area contributed by atoms with Gasteiger partial charge in [-0.1, -0.05) is 36.4 Å². The molecule has 0 fully saturated rings. The number of hydrogen-bond acceptors (Lipinski definition) is 5. The summed E-state index contributed by atoms with van der Waals surface area (Å²) < 4.78 is 7.84. The Bertz CT molecular complexity index is 1710. The molecule has 5 rings (SSSR count). The van der Waals surface area contributed by atoms with Crippen molar-refractivity contribution in [1.82, 2.24) is 15.1 Å². The number of fused-ring (bicyclic) bond motifs is 1. The van der Waals surface area contributed by atoms with Crippen LogP contribution in [0.5, 0.6) is 5.75 Å². The summed E-state index contributed by atoms with van der Waals surface area (Å²) >= 11 is 0. The predicted octanol–water partition coefficient (Wildman–Crippen LogP) is 4.70. The number of carbonyl (C=O) groups is 2. The molecular formula is C35H41N7O3. The van der Waals surface area contributed by atoms with Crippen molar-refractivity contribution < 1.29 is 14.3 Å². The fraction of sp³-hybridized carbons (Fsp3) is 0.314. The van der Waals surface area contributed by atoms with Crippen LogP contribution in [0.25, 0.3) is 11.1 Å².